The molecule has 5 nitrogen and oxygen atoms in total. The molecule has 0 atom stereocenters. The van der Waals surface area contributed by atoms with Crippen molar-refractivity contribution in [1.82, 2.24) is 15.0 Å². The molecule has 27 heavy (non-hydrogen) atoms. The van der Waals surface area contributed by atoms with E-state index in [0.29, 0.717) is 22.5 Å². The van der Waals surface area contributed by atoms with E-state index in [-0.39, 0.29) is 5.43 Å². The number of benzene rings is 1. The molecular formula is C22H13N3O2. The fourth-order valence-electron chi connectivity index (χ4n) is 3.21. The minimum Gasteiger partial charge on any atom is -0.460 e. The molecule has 1 aromatic carbocycles. The summed E-state index contributed by atoms with van der Waals surface area (Å²) in [5, 5.41) is 1.47. The Balaban J connectivity index is 1.85. The van der Waals surface area contributed by atoms with Crippen molar-refractivity contribution >= 4 is 21.9 Å². The minimum absolute atomic E-state index is 0.248. The number of H-pyrrole nitrogens is 1. The third-order valence-electron chi connectivity index (χ3n) is 4.51. The number of hydrogen-bond donors (Lipinski definition) is 1. The number of nitrogens with zero attached hydrogens (tertiary/aromatic N) is 2. The molecule has 5 heteroatoms. The first-order chi connectivity index (χ1) is 13.2. The highest BCUT2D eigenvalue weighted by Gasteiger charge is 2.16. The first kappa shape index (κ1) is 15.4. The van der Waals surface area contributed by atoms with E-state index < -0.39 is 0 Å². The molecule has 4 aromatic heterocycles. The second-order valence-corrected chi connectivity index (χ2v) is 6.31. The number of aromatic amines is 1. The van der Waals surface area contributed by atoms with Gasteiger partial charge < -0.3 is 4.42 Å². The first-order valence-corrected chi connectivity index (χ1v) is 8.47. The molecule has 0 spiro atoms. The summed E-state index contributed by atoms with van der Waals surface area (Å²) in [5.74, 6) is 1.44. The van der Waals surface area contributed by atoms with Gasteiger partial charge in [0.15, 0.2) is 5.76 Å². The average Bonchev–Trinajstić information content (AvgIpc) is 3.13. The van der Waals surface area contributed by atoms with Crippen LogP contribution in [0.4, 0.5) is 0 Å². The van der Waals surface area contributed by atoms with E-state index >= 15 is 0 Å². The molecule has 0 radical (unpaired) electrons. The normalized spacial score (nSPS) is 11.0. The Labute approximate surface area is 154 Å². The third-order valence-corrected chi connectivity index (χ3v) is 4.51. The van der Waals surface area contributed by atoms with Crippen molar-refractivity contribution in [2.24, 2.45) is 0 Å². The van der Waals surface area contributed by atoms with Gasteiger partial charge in [-0.15, -0.1) is 0 Å². The summed E-state index contributed by atoms with van der Waals surface area (Å²) in [6.07, 6.45) is 4.37. The van der Waals surface area contributed by atoms with Crippen molar-refractivity contribution in [3.8, 4) is 22.6 Å². The SMILES string of the molecule is Cc1ccc(-c2nc3[nH]c#cc(=O)c3cc2-c2ccc3ncccc3c2)o1. The Bertz CT molecular complexity index is 1370. The molecule has 1 N–H and O–H groups in total. The molecule has 0 fully saturated rings. The van der Waals surface area contributed by atoms with E-state index in [9.17, 15) is 4.79 Å². The number of pyridine rings is 2. The number of aryl methyl sites for hydroxylation is 1. The molecule has 0 amide bonds. The maximum atomic E-state index is 12.2. The van der Waals surface area contributed by atoms with Crippen LogP contribution in [0.15, 0.2) is 63.9 Å². The van der Waals surface area contributed by atoms with Gasteiger partial charge in [0, 0.05) is 29.4 Å². The molecule has 0 aliphatic rings. The van der Waals surface area contributed by atoms with Gasteiger partial charge in [0.05, 0.1) is 10.9 Å². The summed E-state index contributed by atoms with van der Waals surface area (Å²) in [6.45, 7) is 1.89. The summed E-state index contributed by atoms with van der Waals surface area (Å²) in [7, 11) is 0. The van der Waals surface area contributed by atoms with Gasteiger partial charge in [-0.3, -0.25) is 14.8 Å². The summed E-state index contributed by atoms with van der Waals surface area (Å²) in [6, 6.07) is 18.0. The zero-order valence-corrected chi connectivity index (χ0v) is 14.4. The van der Waals surface area contributed by atoms with Gasteiger partial charge in [-0.25, -0.2) is 4.98 Å². The van der Waals surface area contributed by atoms with Crippen LogP contribution in [0.2, 0.25) is 0 Å². The van der Waals surface area contributed by atoms with Crippen LogP contribution in [0.3, 0.4) is 0 Å². The minimum atomic E-state index is -0.248. The van der Waals surface area contributed by atoms with Crippen LogP contribution in [-0.4, -0.2) is 15.0 Å². The summed E-state index contributed by atoms with van der Waals surface area (Å²) >= 11 is 0. The Morgan fingerprint density at radius 1 is 1.11 bits per heavy atom. The van der Waals surface area contributed by atoms with Crippen molar-refractivity contribution in [1.29, 1.82) is 0 Å². The average molecular weight is 351 g/mol. The van der Waals surface area contributed by atoms with E-state index in [0.717, 1.165) is 27.8 Å². The Morgan fingerprint density at radius 2 is 2.04 bits per heavy atom. The summed E-state index contributed by atoms with van der Waals surface area (Å²) < 4.78 is 5.81. The first-order valence-electron chi connectivity index (χ1n) is 8.47. The largest absolute Gasteiger partial charge is 0.460 e. The fraction of sp³-hybridized carbons (Fsp3) is 0.0455. The Morgan fingerprint density at radius 3 is 2.89 bits per heavy atom. The van der Waals surface area contributed by atoms with Crippen molar-refractivity contribution in [2.75, 3.05) is 0 Å². The highest BCUT2D eigenvalue weighted by atomic mass is 16.3. The zero-order valence-electron chi connectivity index (χ0n) is 14.4. The number of hydrogen-bond acceptors (Lipinski definition) is 4. The lowest BCUT2D eigenvalue weighted by Crippen LogP contribution is -2.02. The van der Waals surface area contributed by atoms with E-state index in [2.05, 4.69) is 27.2 Å². The van der Waals surface area contributed by atoms with Crippen LogP contribution in [-0.2, 0) is 0 Å². The Kier molecular flexibility index (Phi) is 3.31. The van der Waals surface area contributed by atoms with Gasteiger partial charge in [0.25, 0.3) is 0 Å². The Hall–Kier alpha value is -3.91. The number of nitrogens with one attached hydrogen (secondary N) is 1. The lowest BCUT2D eigenvalue weighted by atomic mass is 9.99. The number of aromatic nitrogens is 3. The second kappa shape index (κ2) is 5.82. The lowest BCUT2D eigenvalue weighted by Gasteiger charge is -2.09. The van der Waals surface area contributed by atoms with Gasteiger partial charge in [-0.2, -0.15) is 0 Å². The van der Waals surface area contributed by atoms with Gasteiger partial charge in [0.1, 0.15) is 17.1 Å². The summed E-state index contributed by atoms with van der Waals surface area (Å²) in [5.41, 5.74) is 3.52. The van der Waals surface area contributed by atoms with Gasteiger partial charge in [-0.1, -0.05) is 12.1 Å². The predicted molar refractivity (Wildman–Crippen MR) is 103 cm³/mol. The molecule has 5 aromatic rings. The van der Waals surface area contributed by atoms with Crippen molar-refractivity contribution in [2.45, 2.75) is 6.92 Å². The smallest absolute Gasteiger partial charge is 0.241 e. The van der Waals surface area contributed by atoms with Gasteiger partial charge in [0.2, 0.25) is 5.43 Å². The molecule has 0 aliphatic heterocycles. The van der Waals surface area contributed by atoms with E-state index in [4.69, 9.17) is 4.42 Å². The quantitative estimate of drug-likeness (QED) is 0.514. The van der Waals surface area contributed by atoms with Crippen LogP contribution in [0.25, 0.3) is 44.5 Å². The summed E-state index contributed by atoms with van der Waals surface area (Å²) in [4.78, 5) is 24.1. The molecule has 4 heterocycles. The molecular weight excluding hydrogens is 338 g/mol. The molecule has 128 valence electrons. The topological polar surface area (TPSA) is 71.8 Å². The van der Waals surface area contributed by atoms with Crippen LogP contribution in [0.1, 0.15) is 5.76 Å². The van der Waals surface area contributed by atoms with Crippen LogP contribution >= 0.6 is 0 Å². The molecule has 0 saturated carbocycles. The predicted octanol–water partition coefficient (Wildman–Crippen LogP) is 4.31. The molecule has 0 aliphatic carbocycles. The molecule has 0 unspecified atom stereocenters. The maximum absolute atomic E-state index is 12.2. The number of fused-ring (bicyclic) bond motifs is 2. The molecule has 0 saturated heterocycles. The van der Waals surface area contributed by atoms with Crippen molar-refractivity contribution in [3.63, 3.8) is 0 Å². The fourth-order valence-corrected chi connectivity index (χ4v) is 3.21. The van der Waals surface area contributed by atoms with Crippen LogP contribution in [0.5, 0.6) is 0 Å². The highest BCUT2D eigenvalue weighted by molar-refractivity contribution is 5.92. The van der Waals surface area contributed by atoms with E-state index in [1.165, 1.54) is 0 Å². The monoisotopic (exact) mass is 351 g/mol. The lowest BCUT2D eigenvalue weighted by molar-refractivity contribution is 0.547. The van der Waals surface area contributed by atoms with Crippen LogP contribution in [0, 0.1) is 19.2 Å². The maximum Gasteiger partial charge on any atom is 0.241 e. The zero-order chi connectivity index (χ0) is 18.4. The molecule has 0 bridgehead atoms. The van der Waals surface area contributed by atoms with E-state index in [1.54, 1.807) is 6.20 Å². The van der Waals surface area contributed by atoms with Gasteiger partial charge in [-0.05, 0) is 48.9 Å². The van der Waals surface area contributed by atoms with E-state index in [1.807, 2.05) is 55.5 Å². The number of furan rings is 1. The van der Waals surface area contributed by atoms with Gasteiger partial charge >= 0.3 is 0 Å². The number of rotatable bonds is 2. The van der Waals surface area contributed by atoms with Crippen molar-refractivity contribution in [3.05, 3.63) is 83.0 Å². The second-order valence-electron chi connectivity index (χ2n) is 6.31. The van der Waals surface area contributed by atoms with Crippen LogP contribution < -0.4 is 5.43 Å². The highest BCUT2D eigenvalue weighted by Crippen LogP contribution is 2.34. The standard InChI is InChI=1S/C22H13N3O2/c1-13-4-7-20(27-13)21-16(12-17-19(26)8-10-24-22(17)25-21)14-5-6-18-15(11-14)3-2-9-23-18/h2-7,9,11-12H,1H3,(H,24,25). The van der Waals surface area contributed by atoms with Crippen molar-refractivity contribution < 1.29 is 4.42 Å². The molecule has 5 rings (SSSR count). The third kappa shape index (κ3) is 2.55.